The summed E-state index contributed by atoms with van der Waals surface area (Å²) in [5, 5.41) is 16.5. The molecule has 0 unspecified atom stereocenters. The van der Waals surface area contributed by atoms with Gasteiger partial charge in [0.25, 0.3) is 0 Å². The number of hydrogen-bond acceptors (Lipinski definition) is 4. The van der Waals surface area contributed by atoms with Crippen molar-refractivity contribution in [2.24, 2.45) is 7.05 Å². The molecule has 0 spiro atoms. The third-order valence-corrected chi connectivity index (χ3v) is 1.95. The number of carbonyl (C=O) groups is 1. The maximum Gasteiger partial charge on any atom is 0.360 e. The molecule has 0 fully saturated rings. The average molecular weight is 220 g/mol. The largest absolute Gasteiger partial charge is 0.476 e. The number of hydrogen-bond donors (Lipinski definition) is 1. The van der Waals surface area contributed by atoms with Gasteiger partial charge in [-0.05, 0) is 0 Å². The van der Waals surface area contributed by atoms with Gasteiger partial charge in [-0.1, -0.05) is 0 Å². The van der Waals surface area contributed by atoms with Gasteiger partial charge in [0.05, 0.1) is 0 Å². The predicted molar refractivity (Wildman–Crippen MR) is 53.6 cm³/mol. The molecular formula is C9H8N4O3. The highest BCUT2D eigenvalue weighted by molar-refractivity contribution is 5.84. The highest BCUT2D eigenvalue weighted by Crippen LogP contribution is 2.00. The summed E-state index contributed by atoms with van der Waals surface area (Å²) in [4.78, 5) is 21.9. The van der Waals surface area contributed by atoms with Crippen LogP contribution in [0.3, 0.4) is 0 Å². The second kappa shape index (κ2) is 3.61. The maximum absolute atomic E-state index is 11.2. The first-order chi connectivity index (χ1) is 7.58. The molecule has 7 nitrogen and oxygen atoms in total. The number of aryl methyl sites for hydroxylation is 1. The minimum absolute atomic E-state index is 0.449. The number of carboxylic acid groups (broad SMARTS) is 1. The molecule has 0 aliphatic rings. The van der Waals surface area contributed by atoms with Crippen LogP contribution in [0.15, 0.2) is 29.3 Å². The Morgan fingerprint density at radius 3 is 2.62 bits per heavy atom. The van der Waals surface area contributed by atoms with Crippen LogP contribution in [0.5, 0.6) is 0 Å². The van der Waals surface area contributed by atoms with Gasteiger partial charge in [-0.25, -0.2) is 9.48 Å². The maximum atomic E-state index is 11.2. The monoisotopic (exact) mass is 220 g/mol. The number of rotatable bonds is 2. The Balaban J connectivity index is 2.55. The Bertz CT molecular complexity index is 599. The highest BCUT2D eigenvalue weighted by atomic mass is 16.4. The molecular weight excluding hydrogens is 212 g/mol. The Kier molecular flexibility index (Phi) is 2.28. The Labute approximate surface area is 89.6 Å². The van der Waals surface area contributed by atoms with Gasteiger partial charge >= 0.3 is 5.97 Å². The lowest BCUT2D eigenvalue weighted by Crippen LogP contribution is -2.20. The Morgan fingerprint density at radius 2 is 2.06 bits per heavy atom. The summed E-state index contributed by atoms with van der Waals surface area (Å²) >= 11 is 0. The first-order valence-corrected chi connectivity index (χ1v) is 4.41. The Morgan fingerprint density at radius 1 is 1.31 bits per heavy atom. The van der Waals surface area contributed by atoms with Gasteiger partial charge in [0.2, 0.25) is 11.1 Å². The predicted octanol–water partition coefficient (Wildman–Crippen LogP) is -0.336. The zero-order valence-electron chi connectivity index (χ0n) is 8.36. The van der Waals surface area contributed by atoms with Crippen molar-refractivity contribution in [1.29, 1.82) is 0 Å². The van der Waals surface area contributed by atoms with Crippen molar-refractivity contribution in [1.82, 2.24) is 19.6 Å². The lowest BCUT2D eigenvalue weighted by molar-refractivity contribution is 0.0687. The molecule has 1 N–H and O–H groups in total. The van der Waals surface area contributed by atoms with Crippen molar-refractivity contribution in [3.05, 3.63) is 40.4 Å². The molecule has 0 amide bonds. The van der Waals surface area contributed by atoms with E-state index in [1.54, 1.807) is 24.0 Å². The summed E-state index contributed by atoms with van der Waals surface area (Å²) < 4.78 is 2.79. The van der Waals surface area contributed by atoms with Crippen molar-refractivity contribution in [2.75, 3.05) is 0 Å². The van der Waals surface area contributed by atoms with Crippen molar-refractivity contribution >= 4 is 5.97 Å². The summed E-state index contributed by atoms with van der Waals surface area (Å²) in [7, 11) is 1.73. The van der Waals surface area contributed by atoms with E-state index in [4.69, 9.17) is 5.11 Å². The molecule has 0 bridgehead atoms. The summed E-state index contributed by atoms with van der Waals surface area (Å²) in [6, 6.07) is 2.80. The fourth-order valence-electron chi connectivity index (χ4n) is 1.21. The van der Waals surface area contributed by atoms with Gasteiger partial charge in [0.1, 0.15) is 0 Å². The van der Waals surface area contributed by atoms with E-state index in [0.29, 0.717) is 5.82 Å². The average Bonchev–Trinajstić information content (AvgIpc) is 2.65. The molecule has 2 heterocycles. The molecule has 0 saturated carbocycles. The minimum atomic E-state index is -1.35. The quantitative estimate of drug-likeness (QED) is 0.748. The molecule has 16 heavy (non-hydrogen) atoms. The molecule has 82 valence electrons. The zero-order chi connectivity index (χ0) is 11.7. The summed E-state index contributed by atoms with van der Waals surface area (Å²) in [6.45, 7) is 0. The number of nitrogens with zero attached hydrogens (tertiary/aromatic N) is 4. The van der Waals surface area contributed by atoms with E-state index in [2.05, 4.69) is 10.2 Å². The van der Waals surface area contributed by atoms with Gasteiger partial charge in [0.15, 0.2) is 5.82 Å². The van der Waals surface area contributed by atoms with E-state index < -0.39 is 17.1 Å². The molecule has 2 aromatic heterocycles. The van der Waals surface area contributed by atoms with Crippen LogP contribution in [0, 0.1) is 0 Å². The third kappa shape index (κ3) is 1.70. The van der Waals surface area contributed by atoms with Crippen molar-refractivity contribution in [3.63, 3.8) is 0 Å². The number of aromatic nitrogens is 4. The van der Waals surface area contributed by atoms with Gasteiger partial charge in [-0.2, -0.15) is 10.2 Å². The topological polar surface area (TPSA) is 90.0 Å². The van der Waals surface area contributed by atoms with Crippen molar-refractivity contribution < 1.29 is 9.90 Å². The van der Waals surface area contributed by atoms with Crippen LogP contribution in [0.25, 0.3) is 5.82 Å². The highest BCUT2D eigenvalue weighted by Gasteiger charge is 2.11. The van der Waals surface area contributed by atoms with E-state index in [1.165, 1.54) is 10.9 Å². The fourth-order valence-corrected chi connectivity index (χ4v) is 1.21. The summed E-state index contributed by atoms with van der Waals surface area (Å²) in [5.41, 5.74) is -1.15. The van der Waals surface area contributed by atoms with E-state index in [9.17, 15) is 9.59 Å². The van der Waals surface area contributed by atoms with Crippen LogP contribution in [0.2, 0.25) is 0 Å². The SMILES string of the molecule is Cn1ccc(-n2ccc(=O)c(C(=O)O)n2)n1. The Hall–Kier alpha value is -2.44. The van der Waals surface area contributed by atoms with Crippen LogP contribution in [-0.4, -0.2) is 30.6 Å². The molecule has 0 aliphatic carbocycles. The van der Waals surface area contributed by atoms with E-state index in [1.807, 2.05) is 0 Å². The lowest BCUT2D eigenvalue weighted by atomic mass is 10.4. The van der Waals surface area contributed by atoms with E-state index in [-0.39, 0.29) is 0 Å². The summed E-state index contributed by atoms with van der Waals surface area (Å²) in [6.07, 6.45) is 3.06. The smallest absolute Gasteiger partial charge is 0.360 e. The van der Waals surface area contributed by atoms with Gasteiger partial charge in [-0.3, -0.25) is 9.48 Å². The molecule has 0 aliphatic heterocycles. The number of aromatic carboxylic acids is 1. The standard InChI is InChI=1S/C9H8N4O3/c1-12-4-3-7(10-12)13-5-2-6(14)8(11-13)9(15)16/h2-5H,1H3,(H,15,16). The minimum Gasteiger partial charge on any atom is -0.476 e. The van der Waals surface area contributed by atoms with E-state index in [0.717, 1.165) is 6.07 Å². The first kappa shape index (κ1) is 10.1. The second-order valence-corrected chi connectivity index (χ2v) is 3.13. The molecule has 7 heteroatoms. The van der Waals surface area contributed by atoms with Gasteiger partial charge in [-0.15, -0.1) is 0 Å². The third-order valence-electron chi connectivity index (χ3n) is 1.95. The van der Waals surface area contributed by atoms with Crippen LogP contribution < -0.4 is 5.43 Å². The van der Waals surface area contributed by atoms with Crippen LogP contribution in [0.1, 0.15) is 10.5 Å². The molecule has 0 radical (unpaired) electrons. The zero-order valence-corrected chi connectivity index (χ0v) is 8.36. The van der Waals surface area contributed by atoms with Crippen LogP contribution in [0.4, 0.5) is 0 Å². The first-order valence-electron chi connectivity index (χ1n) is 4.41. The molecule has 0 atom stereocenters. The molecule has 0 saturated heterocycles. The lowest BCUT2D eigenvalue weighted by Gasteiger charge is -2.00. The van der Waals surface area contributed by atoms with E-state index >= 15 is 0 Å². The summed E-state index contributed by atoms with van der Waals surface area (Å²) in [5.74, 6) is -0.903. The van der Waals surface area contributed by atoms with Crippen LogP contribution in [-0.2, 0) is 7.05 Å². The van der Waals surface area contributed by atoms with Gasteiger partial charge < -0.3 is 5.11 Å². The molecule has 0 aromatic carbocycles. The van der Waals surface area contributed by atoms with Crippen molar-refractivity contribution in [3.8, 4) is 5.82 Å². The van der Waals surface area contributed by atoms with Crippen LogP contribution >= 0.6 is 0 Å². The molecule has 2 rings (SSSR count). The van der Waals surface area contributed by atoms with Crippen molar-refractivity contribution in [2.45, 2.75) is 0 Å². The second-order valence-electron chi connectivity index (χ2n) is 3.13. The normalized spacial score (nSPS) is 10.3. The number of carboxylic acids is 1. The van der Waals surface area contributed by atoms with Gasteiger partial charge in [0, 0.05) is 31.6 Å². The fraction of sp³-hybridized carbons (Fsp3) is 0.111. The molecule has 2 aromatic rings.